The van der Waals surface area contributed by atoms with E-state index in [1.807, 2.05) is 0 Å². The Morgan fingerprint density at radius 3 is 1.10 bits per heavy atom. The Morgan fingerprint density at radius 2 is 0.935 bits per heavy atom. The molecule has 0 saturated heterocycles. The van der Waals surface area contributed by atoms with Gasteiger partial charge in [0.05, 0.1) is 0 Å². The molecule has 0 spiro atoms. The monoisotopic (exact) mass is 444 g/mol. The molecule has 0 heterocycles. The Bertz CT molecular complexity index is 670. The van der Waals surface area contributed by atoms with Crippen LogP contribution in [0.4, 0.5) is 0 Å². The molecular formula is C24H44O7. The molecule has 0 bridgehead atoms. The number of rotatable bonds is 8. The number of carboxylic acid groups (broad SMARTS) is 3. The lowest BCUT2D eigenvalue weighted by molar-refractivity contribution is -0.240. The van der Waals surface area contributed by atoms with E-state index in [0.29, 0.717) is 0 Å². The molecule has 5 unspecified atom stereocenters. The smallest absolute Gasteiger partial charge is 0.337 e. The van der Waals surface area contributed by atoms with Crippen LogP contribution in [-0.4, -0.2) is 43.9 Å². The van der Waals surface area contributed by atoms with Crippen molar-refractivity contribution in [3.05, 3.63) is 0 Å². The van der Waals surface area contributed by atoms with Crippen molar-refractivity contribution in [1.82, 2.24) is 0 Å². The third-order valence-electron chi connectivity index (χ3n) is 7.86. The number of hydrogen-bond acceptors (Lipinski definition) is 4. The zero-order chi connectivity index (χ0) is 25.5. The Balaban J connectivity index is 7.85. The SMILES string of the molecule is CC(C(C(=O)O)C(O)(C(=O)O)C(C(=O)O)(C(C)C(C)(C)C)C(C)C(C)(C)C)C(C)(C)C. The van der Waals surface area contributed by atoms with Gasteiger partial charge in [0.25, 0.3) is 0 Å². The summed E-state index contributed by atoms with van der Waals surface area (Å²) in [6, 6.07) is 0. The number of aliphatic hydroxyl groups is 1. The van der Waals surface area contributed by atoms with Crippen molar-refractivity contribution in [3.63, 3.8) is 0 Å². The number of aliphatic carboxylic acids is 3. The van der Waals surface area contributed by atoms with Gasteiger partial charge in [-0.15, -0.1) is 0 Å². The zero-order valence-corrected chi connectivity index (χ0v) is 21.3. The van der Waals surface area contributed by atoms with Crippen molar-refractivity contribution in [2.45, 2.75) is 88.7 Å². The van der Waals surface area contributed by atoms with Crippen molar-refractivity contribution < 1.29 is 34.8 Å². The lowest BCUT2D eigenvalue weighted by Gasteiger charge is -2.58. The fraction of sp³-hybridized carbons (Fsp3) is 0.875. The summed E-state index contributed by atoms with van der Waals surface area (Å²) in [5.41, 5.74) is -7.55. The van der Waals surface area contributed by atoms with E-state index in [2.05, 4.69) is 0 Å². The maximum atomic E-state index is 13.1. The molecule has 0 saturated carbocycles. The van der Waals surface area contributed by atoms with Gasteiger partial charge in [-0.25, -0.2) is 4.79 Å². The highest BCUT2D eigenvalue weighted by molar-refractivity contribution is 5.94. The summed E-state index contributed by atoms with van der Waals surface area (Å²) < 4.78 is 0. The second kappa shape index (κ2) is 8.72. The van der Waals surface area contributed by atoms with Gasteiger partial charge in [-0.3, -0.25) is 9.59 Å². The molecule has 0 amide bonds. The van der Waals surface area contributed by atoms with Gasteiger partial charge in [0.15, 0.2) is 5.60 Å². The molecule has 0 rings (SSSR count). The first kappa shape index (κ1) is 29.4. The minimum absolute atomic E-state index is 0.702. The molecule has 31 heavy (non-hydrogen) atoms. The van der Waals surface area contributed by atoms with Crippen LogP contribution in [0, 0.1) is 45.3 Å². The molecule has 0 aliphatic carbocycles. The van der Waals surface area contributed by atoms with E-state index >= 15 is 0 Å². The van der Waals surface area contributed by atoms with Crippen LogP contribution in [0.5, 0.6) is 0 Å². The molecular weight excluding hydrogens is 400 g/mol. The quantitative estimate of drug-likeness (QED) is 0.429. The molecule has 0 aromatic rings. The van der Waals surface area contributed by atoms with Crippen molar-refractivity contribution in [1.29, 1.82) is 0 Å². The summed E-state index contributed by atoms with van der Waals surface area (Å²) in [6.45, 7) is 20.7. The molecule has 0 aromatic carbocycles. The van der Waals surface area contributed by atoms with Gasteiger partial charge in [0, 0.05) is 0 Å². The van der Waals surface area contributed by atoms with Crippen molar-refractivity contribution in [3.8, 4) is 0 Å². The highest BCUT2D eigenvalue weighted by atomic mass is 16.4. The van der Waals surface area contributed by atoms with Crippen LogP contribution in [0.15, 0.2) is 0 Å². The van der Waals surface area contributed by atoms with Gasteiger partial charge in [0.1, 0.15) is 11.3 Å². The Hall–Kier alpha value is -1.63. The molecule has 0 aliphatic rings. The van der Waals surface area contributed by atoms with Crippen LogP contribution in [0.1, 0.15) is 83.1 Å². The van der Waals surface area contributed by atoms with E-state index < -0.39 is 68.8 Å². The van der Waals surface area contributed by atoms with Crippen molar-refractivity contribution >= 4 is 17.9 Å². The molecule has 182 valence electrons. The van der Waals surface area contributed by atoms with Gasteiger partial charge in [-0.1, -0.05) is 83.1 Å². The van der Waals surface area contributed by atoms with Gasteiger partial charge >= 0.3 is 17.9 Å². The highest BCUT2D eigenvalue weighted by Gasteiger charge is 2.74. The van der Waals surface area contributed by atoms with Crippen LogP contribution >= 0.6 is 0 Å². The Labute approximate surface area is 187 Å². The fourth-order valence-electron chi connectivity index (χ4n) is 4.76. The summed E-state index contributed by atoms with van der Waals surface area (Å²) in [6.07, 6.45) is 0. The van der Waals surface area contributed by atoms with E-state index in [-0.39, 0.29) is 0 Å². The predicted molar refractivity (Wildman–Crippen MR) is 120 cm³/mol. The van der Waals surface area contributed by atoms with Gasteiger partial charge in [-0.05, 0) is 34.0 Å². The van der Waals surface area contributed by atoms with Crippen LogP contribution in [0.3, 0.4) is 0 Å². The number of carbonyl (C=O) groups is 3. The van der Waals surface area contributed by atoms with E-state index in [1.165, 1.54) is 0 Å². The van der Waals surface area contributed by atoms with Crippen LogP contribution in [-0.2, 0) is 14.4 Å². The first-order valence-corrected chi connectivity index (χ1v) is 10.8. The third kappa shape index (κ3) is 4.91. The van der Waals surface area contributed by atoms with Crippen molar-refractivity contribution in [2.75, 3.05) is 0 Å². The Kier molecular flexibility index (Phi) is 8.26. The average molecular weight is 445 g/mol. The van der Waals surface area contributed by atoms with Crippen LogP contribution < -0.4 is 0 Å². The summed E-state index contributed by atoms with van der Waals surface area (Å²) >= 11 is 0. The molecule has 0 radical (unpaired) electrons. The first-order valence-electron chi connectivity index (χ1n) is 10.8. The normalized spacial score (nSPS) is 21.2. The van der Waals surface area contributed by atoms with E-state index in [1.54, 1.807) is 83.1 Å². The molecule has 0 aromatic heterocycles. The second-order valence-electron chi connectivity index (χ2n) is 12.4. The summed E-state index contributed by atoms with van der Waals surface area (Å²) in [5, 5.41) is 43.3. The van der Waals surface area contributed by atoms with Crippen LogP contribution in [0.25, 0.3) is 0 Å². The topological polar surface area (TPSA) is 132 Å². The molecule has 4 N–H and O–H groups in total. The largest absolute Gasteiger partial charge is 0.481 e. The predicted octanol–water partition coefficient (Wildman–Crippen LogP) is 4.62. The lowest BCUT2D eigenvalue weighted by atomic mass is 9.45. The highest BCUT2D eigenvalue weighted by Crippen LogP contribution is 2.60. The van der Waals surface area contributed by atoms with Gasteiger partial charge in [0.2, 0.25) is 0 Å². The lowest BCUT2D eigenvalue weighted by Crippen LogP contribution is -2.72. The molecule has 7 heteroatoms. The van der Waals surface area contributed by atoms with Crippen LogP contribution in [0.2, 0.25) is 0 Å². The molecule has 5 atom stereocenters. The molecule has 7 nitrogen and oxygen atoms in total. The first-order chi connectivity index (χ1) is 13.4. The fourth-order valence-corrected chi connectivity index (χ4v) is 4.76. The third-order valence-corrected chi connectivity index (χ3v) is 7.86. The maximum Gasteiger partial charge on any atom is 0.337 e. The average Bonchev–Trinajstić information content (AvgIpc) is 2.51. The minimum atomic E-state index is -3.07. The molecule has 0 aliphatic heterocycles. The minimum Gasteiger partial charge on any atom is -0.481 e. The standard InChI is InChI=1S/C24H44O7/c1-13(20(4,5)6)16(17(25)26)24(31,19(29)30)23(18(27)28,14(2)21(7,8)9)15(3)22(10,11)12/h13-16,31H,1-12H3,(H,25,26)(H,27,28)(H,29,30). The van der Waals surface area contributed by atoms with Crippen molar-refractivity contribution in [2.24, 2.45) is 45.3 Å². The maximum absolute atomic E-state index is 13.1. The van der Waals surface area contributed by atoms with E-state index in [9.17, 15) is 34.8 Å². The number of carboxylic acids is 3. The van der Waals surface area contributed by atoms with Gasteiger partial charge in [-0.2, -0.15) is 0 Å². The summed E-state index contributed by atoms with van der Waals surface area (Å²) in [5.74, 6) is -9.33. The number of hydrogen-bond donors (Lipinski definition) is 4. The molecule has 0 fully saturated rings. The van der Waals surface area contributed by atoms with Gasteiger partial charge < -0.3 is 20.4 Å². The Morgan fingerprint density at radius 1 is 0.613 bits per heavy atom. The van der Waals surface area contributed by atoms with E-state index in [4.69, 9.17) is 0 Å². The summed E-state index contributed by atoms with van der Waals surface area (Å²) in [4.78, 5) is 38.5. The second-order valence-corrected chi connectivity index (χ2v) is 12.4. The summed E-state index contributed by atoms with van der Waals surface area (Å²) in [7, 11) is 0. The van der Waals surface area contributed by atoms with E-state index in [0.717, 1.165) is 0 Å². The zero-order valence-electron chi connectivity index (χ0n) is 21.3.